The monoisotopic (exact) mass is 236 g/mol. The topological polar surface area (TPSA) is 73.6 Å². The lowest BCUT2D eigenvalue weighted by molar-refractivity contribution is -0.117. The number of ether oxygens (including phenoxy) is 2. The lowest BCUT2D eigenvalue weighted by Crippen LogP contribution is -2.32. The molecule has 1 amide bonds. The van der Waals surface area contributed by atoms with Crippen LogP contribution in [0.4, 0.5) is 5.69 Å². The van der Waals surface area contributed by atoms with Crippen molar-refractivity contribution in [1.82, 2.24) is 0 Å². The van der Waals surface area contributed by atoms with Gasteiger partial charge in [0.2, 0.25) is 11.7 Å². The van der Waals surface area contributed by atoms with Gasteiger partial charge in [-0.3, -0.25) is 4.79 Å². The fourth-order valence-electron chi connectivity index (χ4n) is 1.56. The Labute approximate surface area is 99.9 Å². The van der Waals surface area contributed by atoms with E-state index in [1.165, 1.54) is 0 Å². The Morgan fingerprint density at radius 1 is 1.35 bits per heavy atom. The van der Waals surface area contributed by atoms with Crippen LogP contribution in [0.25, 0.3) is 0 Å². The van der Waals surface area contributed by atoms with Gasteiger partial charge in [-0.25, -0.2) is 0 Å². The molecule has 0 radical (unpaired) electrons. The fraction of sp³-hybridized carbons (Fsp3) is 0.417. The zero-order valence-electron chi connectivity index (χ0n) is 10.1. The molecule has 1 aliphatic heterocycles. The van der Waals surface area contributed by atoms with Crippen LogP contribution in [0.1, 0.15) is 20.8 Å². The molecule has 1 unspecified atom stereocenters. The van der Waals surface area contributed by atoms with Crippen LogP contribution in [-0.4, -0.2) is 17.7 Å². The van der Waals surface area contributed by atoms with Crippen molar-refractivity contribution >= 4 is 11.6 Å². The molecule has 5 heteroatoms. The maximum Gasteiger partial charge on any atom is 0.246 e. The van der Waals surface area contributed by atoms with E-state index in [1.54, 1.807) is 25.1 Å². The second kappa shape index (κ2) is 3.92. The Balaban J connectivity index is 2.17. The highest BCUT2D eigenvalue weighted by Gasteiger charge is 2.31. The minimum Gasteiger partial charge on any atom is -0.449 e. The number of rotatable bonds is 2. The van der Waals surface area contributed by atoms with E-state index in [0.29, 0.717) is 17.2 Å². The van der Waals surface area contributed by atoms with Crippen molar-refractivity contribution in [2.24, 2.45) is 5.73 Å². The number of anilines is 1. The summed E-state index contributed by atoms with van der Waals surface area (Å²) in [5.74, 6) is 0.404. The van der Waals surface area contributed by atoms with Gasteiger partial charge in [0.1, 0.15) is 0 Å². The summed E-state index contributed by atoms with van der Waals surface area (Å²) in [6, 6.07) is 4.70. The van der Waals surface area contributed by atoms with Crippen LogP contribution in [0, 0.1) is 0 Å². The third-order valence-corrected chi connectivity index (χ3v) is 2.34. The first kappa shape index (κ1) is 11.7. The summed E-state index contributed by atoms with van der Waals surface area (Å²) in [6.45, 7) is 5.28. The van der Waals surface area contributed by atoms with Gasteiger partial charge in [0.05, 0.1) is 6.04 Å². The van der Waals surface area contributed by atoms with Crippen LogP contribution in [0.3, 0.4) is 0 Å². The average Bonchev–Trinajstić information content (AvgIpc) is 2.50. The summed E-state index contributed by atoms with van der Waals surface area (Å²) < 4.78 is 11.1. The number of carbonyl (C=O) groups is 1. The van der Waals surface area contributed by atoms with E-state index in [4.69, 9.17) is 15.2 Å². The van der Waals surface area contributed by atoms with Crippen LogP contribution in [0.15, 0.2) is 18.2 Å². The normalized spacial score (nSPS) is 17.6. The standard InChI is InChI=1S/C12H16N2O3/c1-7(13)11(15)14-8-4-5-9-10(6-8)17-12(2,3)16-9/h4-7H,13H2,1-3H3,(H,14,15). The van der Waals surface area contributed by atoms with E-state index < -0.39 is 11.8 Å². The molecule has 2 rings (SSSR count). The maximum atomic E-state index is 11.4. The molecule has 3 N–H and O–H groups in total. The molecule has 1 aliphatic rings. The molecule has 1 aromatic carbocycles. The number of amides is 1. The molecule has 0 fully saturated rings. The van der Waals surface area contributed by atoms with E-state index >= 15 is 0 Å². The fourth-order valence-corrected chi connectivity index (χ4v) is 1.56. The van der Waals surface area contributed by atoms with Gasteiger partial charge in [-0.2, -0.15) is 0 Å². The predicted octanol–water partition coefficient (Wildman–Crippen LogP) is 1.48. The third kappa shape index (κ3) is 2.50. The SMILES string of the molecule is CC(N)C(=O)Nc1ccc2c(c1)OC(C)(C)O2. The smallest absolute Gasteiger partial charge is 0.246 e. The van der Waals surface area contributed by atoms with Crippen molar-refractivity contribution in [3.8, 4) is 11.5 Å². The third-order valence-electron chi connectivity index (χ3n) is 2.34. The summed E-state index contributed by atoms with van der Waals surface area (Å²) in [5, 5.41) is 2.70. The summed E-state index contributed by atoms with van der Waals surface area (Å²) in [6.07, 6.45) is 0. The summed E-state index contributed by atoms with van der Waals surface area (Å²) in [7, 11) is 0. The van der Waals surface area contributed by atoms with Crippen molar-refractivity contribution < 1.29 is 14.3 Å². The number of hydrogen-bond donors (Lipinski definition) is 2. The van der Waals surface area contributed by atoms with Crippen LogP contribution in [0.5, 0.6) is 11.5 Å². The first-order valence-corrected chi connectivity index (χ1v) is 5.46. The van der Waals surface area contributed by atoms with E-state index in [2.05, 4.69) is 5.32 Å². The van der Waals surface area contributed by atoms with Crippen LogP contribution in [-0.2, 0) is 4.79 Å². The summed E-state index contributed by atoms with van der Waals surface area (Å²) >= 11 is 0. The van der Waals surface area contributed by atoms with Gasteiger partial charge in [-0.1, -0.05) is 0 Å². The molecule has 92 valence electrons. The Hall–Kier alpha value is -1.75. The maximum absolute atomic E-state index is 11.4. The Bertz CT molecular complexity index is 455. The van der Waals surface area contributed by atoms with E-state index in [0.717, 1.165) is 0 Å². The first-order valence-electron chi connectivity index (χ1n) is 5.46. The number of hydrogen-bond acceptors (Lipinski definition) is 4. The largest absolute Gasteiger partial charge is 0.449 e. The van der Waals surface area contributed by atoms with Crippen molar-refractivity contribution in [2.75, 3.05) is 5.32 Å². The molecule has 1 aromatic rings. The zero-order chi connectivity index (χ0) is 12.6. The van der Waals surface area contributed by atoms with Gasteiger partial charge in [0, 0.05) is 25.6 Å². The highest BCUT2D eigenvalue weighted by atomic mass is 16.7. The molecule has 0 aliphatic carbocycles. The number of fused-ring (bicyclic) bond motifs is 1. The Morgan fingerprint density at radius 2 is 2.00 bits per heavy atom. The number of carbonyl (C=O) groups excluding carboxylic acids is 1. The van der Waals surface area contributed by atoms with Gasteiger partial charge in [0.25, 0.3) is 0 Å². The highest BCUT2D eigenvalue weighted by Crippen LogP contribution is 2.40. The van der Waals surface area contributed by atoms with Crippen molar-refractivity contribution in [3.05, 3.63) is 18.2 Å². The predicted molar refractivity (Wildman–Crippen MR) is 64.1 cm³/mol. The molecule has 0 spiro atoms. The minimum absolute atomic E-state index is 0.233. The van der Waals surface area contributed by atoms with Crippen molar-refractivity contribution in [2.45, 2.75) is 32.6 Å². The highest BCUT2D eigenvalue weighted by molar-refractivity contribution is 5.94. The quantitative estimate of drug-likeness (QED) is 0.815. The number of benzene rings is 1. The van der Waals surface area contributed by atoms with Gasteiger partial charge >= 0.3 is 0 Å². The molecule has 0 bridgehead atoms. The average molecular weight is 236 g/mol. The van der Waals surface area contributed by atoms with E-state index in [9.17, 15) is 4.79 Å². The second-order valence-electron chi connectivity index (χ2n) is 4.54. The summed E-state index contributed by atoms with van der Waals surface area (Å²) in [4.78, 5) is 11.4. The van der Waals surface area contributed by atoms with Crippen LogP contribution < -0.4 is 20.5 Å². The number of nitrogens with two attached hydrogens (primary N) is 1. The molecule has 0 saturated heterocycles. The van der Waals surface area contributed by atoms with Crippen molar-refractivity contribution in [3.63, 3.8) is 0 Å². The molecule has 0 aromatic heterocycles. The Kier molecular flexibility index (Phi) is 2.71. The van der Waals surface area contributed by atoms with E-state index in [-0.39, 0.29) is 5.91 Å². The molecular formula is C12H16N2O3. The van der Waals surface area contributed by atoms with Gasteiger partial charge < -0.3 is 20.5 Å². The minimum atomic E-state index is -0.661. The van der Waals surface area contributed by atoms with Gasteiger partial charge in [0.15, 0.2) is 11.5 Å². The zero-order valence-corrected chi connectivity index (χ0v) is 10.1. The van der Waals surface area contributed by atoms with Gasteiger partial charge in [-0.05, 0) is 19.1 Å². The molecule has 1 heterocycles. The van der Waals surface area contributed by atoms with Crippen LogP contribution >= 0.6 is 0 Å². The van der Waals surface area contributed by atoms with Crippen LogP contribution in [0.2, 0.25) is 0 Å². The molecule has 0 saturated carbocycles. The second-order valence-corrected chi connectivity index (χ2v) is 4.54. The van der Waals surface area contributed by atoms with Gasteiger partial charge in [-0.15, -0.1) is 0 Å². The summed E-state index contributed by atoms with van der Waals surface area (Å²) in [5.41, 5.74) is 6.12. The Morgan fingerprint density at radius 3 is 2.65 bits per heavy atom. The molecule has 5 nitrogen and oxygen atoms in total. The lowest BCUT2D eigenvalue weighted by Gasteiger charge is -2.16. The first-order chi connectivity index (χ1) is 7.87. The molecular weight excluding hydrogens is 220 g/mol. The molecule has 17 heavy (non-hydrogen) atoms. The van der Waals surface area contributed by atoms with Crippen molar-refractivity contribution in [1.29, 1.82) is 0 Å². The molecule has 1 atom stereocenters. The van der Waals surface area contributed by atoms with E-state index in [1.807, 2.05) is 13.8 Å². The lowest BCUT2D eigenvalue weighted by atomic mass is 10.2. The number of nitrogens with one attached hydrogen (secondary N) is 1.